The molecule has 0 N–H and O–H groups in total. The highest BCUT2D eigenvalue weighted by molar-refractivity contribution is 6.09. The maximum absolute atomic E-state index is 5.01. The van der Waals surface area contributed by atoms with Crippen LogP contribution in [0.2, 0.25) is 0 Å². The molecule has 0 bridgehead atoms. The summed E-state index contributed by atoms with van der Waals surface area (Å²) >= 11 is 0. The van der Waals surface area contributed by atoms with Crippen LogP contribution >= 0.6 is 0 Å². The molecule has 5 aromatic carbocycles. The number of pyridine rings is 1. The smallest absolute Gasteiger partial charge is 0.238 e. The molecule has 0 amide bonds. The molecule has 0 aliphatic heterocycles. The quantitative estimate of drug-likeness (QED) is 0.197. The summed E-state index contributed by atoms with van der Waals surface area (Å²) in [6, 6.07) is 48.9. The molecular formula is C40H25N5. The molecule has 3 aromatic heterocycles. The second-order valence-electron chi connectivity index (χ2n) is 10.6. The molecule has 5 heteroatoms. The fourth-order valence-electron chi connectivity index (χ4n) is 5.58. The number of rotatable bonds is 4. The van der Waals surface area contributed by atoms with Crippen LogP contribution in [0, 0.1) is 11.8 Å². The number of hydrogen-bond acceptors (Lipinski definition) is 4. The summed E-state index contributed by atoms with van der Waals surface area (Å²) in [5.74, 6) is 8.54. The molecule has 0 spiro atoms. The van der Waals surface area contributed by atoms with Crippen molar-refractivity contribution in [2.45, 2.75) is 0 Å². The predicted molar refractivity (Wildman–Crippen MR) is 181 cm³/mol. The van der Waals surface area contributed by atoms with Gasteiger partial charge in [0.1, 0.15) is 0 Å². The Hall–Kier alpha value is -6.38. The van der Waals surface area contributed by atoms with Crippen LogP contribution in [-0.4, -0.2) is 24.5 Å². The Balaban J connectivity index is 1.26. The average Bonchev–Trinajstić information content (AvgIpc) is 3.45. The van der Waals surface area contributed by atoms with E-state index in [-0.39, 0.29) is 0 Å². The standard InChI is InChI=1S/C40H25N5/c1-4-12-30(13-5-1)35-27-29(24-25-41-35)21-20-28-22-23-37-34(26-28)33-18-10-11-19-36(33)45(37)40-43-38(31-14-6-2-7-15-31)42-39(44-40)32-16-8-3-9-17-32/h1-19,22-27H. The van der Waals surface area contributed by atoms with E-state index >= 15 is 0 Å². The second-order valence-corrected chi connectivity index (χ2v) is 10.6. The number of hydrogen-bond donors (Lipinski definition) is 0. The minimum Gasteiger partial charge on any atom is -0.278 e. The predicted octanol–water partition coefficient (Wildman–Crippen LogP) is 8.76. The maximum atomic E-state index is 5.01. The number of benzene rings is 5. The van der Waals surface area contributed by atoms with E-state index < -0.39 is 0 Å². The van der Waals surface area contributed by atoms with Gasteiger partial charge in [0.15, 0.2) is 11.6 Å². The van der Waals surface area contributed by atoms with Gasteiger partial charge in [-0.2, -0.15) is 9.97 Å². The summed E-state index contributed by atoms with van der Waals surface area (Å²) < 4.78 is 2.12. The Morgan fingerprint density at radius 2 is 1.00 bits per heavy atom. The van der Waals surface area contributed by atoms with Crippen LogP contribution in [0.4, 0.5) is 0 Å². The van der Waals surface area contributed by atoms with Crippen LogP contribution in [-0.2, 0) is 0 Å². The fourth-order valence-corrected chi connectivity index (χ4v) is 5.58. The Morgan fingerprint density at radius 3 is 1.67 bits per heavy atom. The average molecular weight is 576 g/mol. The molecule has 0 saturated carbocycles. The number of nitrogens with zero attached hydrogens (tertiary/aromatic N) is 5. The molecule has 45 heavy (non-hydrogen) atoms. The highest BCUT2D eigenvalue weighted by Gasteiger charge is 2.17. The van der Waals surface area contributed by atoms with Gasteiger partial charge in [-0.3, -0.25) is 9.55 Å². The third-order valence-corrected chi connectivity index (χ3v) is 7.74. The molecular weight excluding hydrogens is 550 g/mol. The van der Waals surface area contributed by atoms with Gasteiger partial charge in [0.2, 0.25) is 5.95 Å². The van der Waals surface area contributed by atoms with E-state index in [1.165, 1.54) is 0 Å². The summed E-state index contributed by atoms with van der Waals surface area (Å²) in [6.45, 7) is 0. The largest absolute Gasteiger partial charge is 0.278 e. The van der Waals surface area contributed by atoms with Gasteiger partial charge in [-0.25, -0.2) is 4.98 Å². The van der Waals surface area contributed by atoms with Gasteiger partial charge in [-0.15, -0.1) is 0 Å². The highest BCUT2D eigenvalue weighted by atomic mass is 15.2. The lowest BCUT2D eigenvalue weighted by molar-refractivity contribution is 0.953. The first-order chi connectivity index (χ1) is 22.3. The number of aromatic nitrogens is 5. The molecule has 0 aliphatic carbocycles. The minimum absolute atomic E-state index is 0.568. The van der Waals surface area contributed by atoms with Gasteiger partial charge in [-0.05, 0) is 36.4 Å². The van der Waals surface area contributed by atoms with Crippen molar-refractivity contribution in [3.63, 3.8) is 0 Å². The molecule has 0 saturated heterocycles. The number of fused-ring (bicyclic) bond motifs is 3. The zero-order chi connectivity index (χ0) is 30.0. The lowest BCUT2D eigenvalue weighted by atomic mass is 10.1. The van der Waals surface area contributed by atoms with Gasteiger partial charge in [0.25, 0.3) is 0 Å². The van der Waals surface area contributed by atoms with Crippen molar-refractivity contribution in [1.29, 1.82) is 0 Å². The molecule has 0 atom stereocenters. The highest BCUT2D eigenvalue weighted by Crippen LogP contribution is 2.33. The van der Waals surface area contributed by atoms with Gasteiger partial charge in [-0.1, -0.05) is 121 Å². The molecule has 0 unspecified atom stereocenters. The van der Waals surface area contributed by atoms with Crippen molar-refractivity contribution in [1.82, 2.24) is 24.5 Å². The Morgan fingerprint density at radius 1 is 0.444 bits per heavy atom. The van der Waals surface area contributed by atoms with E-state index in [4.69, 9.17) is 15.0 Å². The summed E-state index contributed by atoms with van der Waals surface area (Å²) in [7, 11) is 0. The lowest BCUT2D eigenvalue weighted by Gasteiger charge is -2.10. The van der Waals surface area contributed by atoms with Crippen LogP contribution in [0.15, 0.2) is 152 Å². The summed E-state index contributed by atoms with van der Waals surface area (Å²) in [6.07, 6.45) is 1.81. The first-order valence-corrected chi connectivity index (χ1v) is 14.7. The van der Waals surface area contributed by atoms with Gasteiger partial charge in [0, 0.05) is 44.8 Å². The Bertz CT molecular complexity index is 2310. The van der Waals surface area contributed by atoms with Gasteiger partial charge in [0.05, 0.1) is 16.7 Å². The lowest BCUT2D eigenvalue weighted by Crippen LogP contribution is -2.06. The van der Waals surface area contributed by atoms with Crippen molar-refractivity contribution in [3.8, 4) is 51.8 Å². The topological polar surface area (TPSA) is 56.5 Å². The summed E-state index contributed by atoms with van der Waals surface area (Å²) in [4.78, 5) is 19.4. The second kappa shape index (κ2) is 11.4. The van der Waals surface area contributed by atoms with Crippen molar-refractivity contribution in [2.75, 3.05) is 0 Å². The molecule has 8 rings (SSSR count). The first-order valence-electron chi connectivity index (χ1n) is 14.7. The summed E-state index contributed by atoms with van der Waals surface area (Å²) in [5, 5.41) is 2.19. The van der Waals surface area contributed by atoms with Crippen molar-refractivity contribution >= 4 is 21.8 Å². The monoisotopic (exact) mass is 575 g/mol. The molecule has 0 radical (unpaired) electrons. The third-order valence-electron chi connectivity index (χ3n) is 7.74. The van der Waals surface area contributed by atoms with E-state index in [0.29, 0.717) is 17.6 Å². The van der Waals surface area contributed by atoms with Crippen LogP contribution in [0.5, 0.6) is 0 Å². The van der Waals surface area contributed by atoms with Crippen LogP contribution in [0.3, 0.4) is 0 Å². The van der Waals surface area contributed by atoms with Crippen LogP contribution < -0.4 is 0 Å². The molecule has 5 nitrogen and oxygen atoms in total. The fraction of sp³-hybridized carbons (Fsp3) is 0. The summed E-state index contributed by atoms with van der Waals surface area (Å²) in [5.41, 5.74) is 7.70. The molecule has 3 heterocycles. The third kappa shape index (κ3) is 5.11. The molecule has 0 fully saturated rings. The van der Waals surface area contributed by atoms with Crippen LogP contribution in [0.25, 0.3) is 61.8 Å². The Labute approximate surface area is 260 Å². The zero-order valence-electron chi connectivity index (χ0n) is 24.2. The molecule has 0 aliphatic rings. The van der Waals surface area contributed by atoms with Gasteiger partial charge >= 0.3 is 0 Å². The molecule has 210 valence electrons. The van der Waals surface area contributed by atoms with Crippen molar-refractivity contribution < 1.29 is 0 Å². The molecule has 8 aromatic rings. The van der Waals surface area contributed by atoms with Crippen molar-refractivity contribution in [3.05, 3.63) is 163 Å². The van der Waals surface area contributed by atoms with E-state index in [0.717, 1.165) is 55.3 Å². The zero-order valence-corrected chi connectivity index (χ0v) is 24.2. The number of para-hydroxylation sites is 1. The van der Waals surface area contributed by atoms with E-state index in [1.807, 2.05) is 103 Å². The Kier molecular flexibility index (Phi) is 6.63. The van der Waals surface area contributed by atoms with Crippen LogP contribution in [0.1, 0.15) is 11.1 Å². The van der Waals surface area contributed by atoms with E-state index in [9.17, 15) is 0 Å². The maximum Gasteiger partial charge on any atom is 0.238 e. The SMILES string of the molecule is C(#Cc1ccc2c(c1)c1ccccc1n2-c1nc(-c2ccccc2)nc(-c2ccccc2)n1)c1ccnc(-c2ccccc2)c1. The van der Waals surface area contributed by atoms with E-state index in [1.54, 1.807) is 0 Å². The first kappa shape index (κ1) is 26.3. The normalized spacial score (nSPS) is 10.9. The van der Waals surface area contributed by atoms with Crippen molar-refractivity contribution in [2.24, 2.45) is 0 Å². The minimum atomic E-state index is 0.568. The van der Waals surface area contributed by atoms with E-state index in [2.05, 4.69) is 69.9 Å². The van der Waals surface area contributed by atoms with Gasteiger partial charge < -0.3 is 0 Å².